The zero-order valence-electron chi connectivity index (χ0n) is 13.8. The second kappa shape index (κ2) is 8.54. The minimum absolute atomic E-state index is 0.223. The van der Waals surface area contributed by atoms with Gasteiger partial charge in [0.25, 0.3) is 0 Å². The van der Waals surface area contributed by atoms with Crippen molar-refractivity contribution in [3.63, 3.8) is 0 Å². The first-order valence-corrected chi connectivity index (χ1v) is 7.53. The van der Waals surface area contributed by atoms with Crippen LogP contribution in [0.25, 0.3) is 0 Å². The molecule has 0 aromatic heterocycles. The van der Waals surface area contributed by atoms with E-state index in [1.54, 1.807) is 24.3 Å². The summed E-state index contributed by atoms with van der Waals surface area (Å²) < 4.78 is 11.3. The molecule has 2 rings (SSSR count). The van der Waals surface area contributed by atoms with Crippen molar-refractivity contribution >= 4 is 12.2 Å². The number of carboxylic acid groups (broad SMARTS) is 1. The average molecular weight is 341 g/mol. The summed E-state index contributed by atoms with van der Waals surface area (Å²) in [6.45, 7) is 4.00. The molecule has 2 aromatic carbocycles. The number of rotatable bonds is 8. The zero-order chi connectivity index (χ0) is 18.2. The Morgan fingerprint density at radius 2 is 2.00 bits per heavy atom. The van der Waals surface area contributed by atoms with Crippen LogP contribution in [0.3, 0.4) is 0 Å². The Morgan fingerprint density at radius 1 is 1.28 bits per heavy atom. The molecule has 0 spiro atoms. The van der Waals surface area contributed by atoms with E-state index in [2.05, 4.69) is 11.7 Å². The van der Waals surface area contributed by atoms with Crippen molar-refractivity contribution in [2.24, 2.45) is 5.16 Å². The third-order valence-electron chi connectivity index (χ3n) is 3.53. The second-order valence-corrected chi connectivity index (χ2v) is 5.24. The van der Waals surface area contributed by atoms with Gasteiger partial charge in [-0.15, -0.1) is 6.58 Å². The first-order valence-electron chi connectivity index (χ1n) is 7.53. The Balaban J connectivity index is 2.27. The Kier molecular flexibility index (Phi) is 6.17. The lowest BCUT2D eigenvalue weighted by atomic mass is 10.1. The normalized spacial score (nSPS) is 10.6. The summed E-state index contributed by atoms with van der Waals surface area (Å²) in [6, 6.07) is 10.0. The SMILES string of the molecule is C=CCc1cc(/C=N\O)cc(OC)c1OCc1ccc(C(=O)O)cc1. The fraction of sp³-hybridized carbons (Fsp3) is 0.158. The van der Waals surface area contributed by atoms with Gasteiger partial charge < -0.3 is 19.8 Å². The van der Waals surface area contributed by atoms with Crippen molar-refractivity contribution in [3.05, 3.63) is 71.3 Å². The van der Waals surface area contributed by atoms with E-state index in [9.17, 15) is 4.79 Å². The topological polar surface area (TPSA) is 88.4 Å². The number of methoxy groups -OCH3 is 1. The van der Waals surface area contributed by atoms with Crippen molar-refractivity contribution < 1.29 is 24.6 Å². The van der Waals surface area contributed by atoms with Crippen LogP contribution in [-0.2, 0) is 13.0 Å². The highest BCUT2D eigenvalue weighted by Crippen LogP contribution is 2.34. The van der Waals surface area contributed by atoms with Crippen molar-refractivity contribution in [1.82, 2.24) is 0 Å². The highest BCUT2D eigenvalue weighted by atomic mass is 16.5. The minimum Gasteiger partial charge on any atom is -0.493 e. The van der Waals surface area contributed by atoms with E-state index in [1.165, 1.54) is 25.5 Å². The number of allylic oxidation sites excluding steroid dienone is 1. The summed E-state index contributed by atoms with van der Waals surface area (Å²) in [7, 11) is 1.53. The molecule has 6 nitrogen and oxygen atoms in total. The molecule has 0 atom stereocenters. The molecular formula is C19H19NO5. The maximum absolute atomic E-state index is 10.9. The van der Waals surface area contributed by atoms with Crippen LogP contribution in [-0.4, -0.2) is 29.6 Å². The molecule has 2 aromatic rings. The highest BCUT2D eigenvalue weighted by molar-refractivity contribution is 5.87. The zero-order valence-corrected chi connectivity index (χ0v) is 13.8. The van der Waals surface area contributed by atoms with E-state index in [0.717, 1.165) is 11.1 Å². The fourth-order valence-corrected chi connectivity index (χ4v) is 2.35. The van der Waals surface area contributed by atoms with Crippen molar-refractivity contribution in [2.45, 2.75) is 13.0 Å². The van der Waals surface area contributed by atoms with Crippen LogP contribution in [0.2, 0.25) is 0 Å². The van der Waals surface area contributed by atoms with Crippen molar-refractivity contribution in [1.29, 1.82) is 0 Å². The monoisotopic (exact) mass is 341 g/mol. The first-order chi connectivity index (χ1) is 12.1. The number of ether oxygens (including phenoxy) is 2. The summed E-state index contributed by atoms with van der Waals surface area (Å²) in [5.74, 6) is 0.111. The number of aromatic carboxylic acids is 1. The minimum atomic E-state index is -0.969. The molecule has 0 aliphatic heterocycles. The second-order valence-electron chi connectivity index (χ2n) is 5.24. The van der Waals surface area contributed by atoms with Crippen LogP contribution < -0.4 is 9.47 Å². The van der Waals surface area contributed by atoms with Gasteiger partial charge in [0.05, 0.1) is 18.9 Å². The Bertz CT molecular complexity index is 781. The van der Waals surface area contributed by atoms with Crippen LogP contribution in [0.5, 0.6) is 11.5 Å². The lowest BCUT2D eigenvalue weighted by Gasteiger charge is -2.15. The standard InChI is InChI=1S/C19H19NO5/c1-3-4-16-9-14(11-20-23)10-17(24-2)18(16)25-12-13-5-7-15(8-6-13)19(21)22/h3,5-11,23H,1,4,12H2,2H3,(H,21,22)/b20-11-. The maximum Gasteiger partial charge on any atom is 0.335 e. The van der Waals surface area contributed by atoms with E-state index in [1.807, 2.05) is 6.07 Å². The summed E-state index contributed by atoms with van der Waals surface area (Å²) >= 11 is 0. The van der Waals surface area contributed by atoms with Crippen molar-refractivity contribution in [3.8, 4) is 11.5 Å². The Labute approximate surface area is 145 Å². The third-order valence-corrected chi connectivity index (χ3v) is 3.53. The molecule has 0 saturated heterocycles. The number of carboxylic acids is 1. The molecule has 0 aliphatic carbocycles. The summed E-state index contributed by atoms with van der Waals surface area (Å²) in [5.41, 5.74) is 2.57. The van der Waals surface area contributed by atoms with Gasteiger partial charge in [-0.3, -0.25) is 0 Å². The van der Waals surface area contributed by atoms with E-state index < -0.39 is 5.97 Å². The fourth-order valence-electron chi connectivity index (χ4n) is 2.35. The largest absolute Gasteiger partial charge is 0.493 e. The summed E-state index contributed by atoms with van der Waals surface area (Å²) in [5, 5.41) is 20.7. The number of benzene rings is 2. The first kappa shape index (κ1) is 18.1. The highest BCUT2D eigenvalue weighted by Gasteiger charge is 2.13. The molecule has 0 aliphatic rings. The Hall–Kier alpha value is -3.28. The smallest absolute Gasteiger partial charge is 0.335 e. The van der Waals surface area contributed by atoms with Gasteiger partial charge in [0.2, 0.25) is 0 Å². The molecule has 25 heavy (non-hydrogen) atoms. The quantitative estimate of drug-likeness (QED) is 0.332. The van der Waals surface area contributed by atoms with Gasteiger partial charge in [-0.1, -0.05) is 23.4 Å². The number of oxime groups is 1. The predicted molar refractivity (Wildman–Crippen MR) is 94.0 cm³/mol. The lowest BCUT2D eigenvalue weighted by Crippen LogP contribution is -2.03. The Morgan fingerprint density at radius 3 is 2.56 bits per heavy atom. The van der Waals surface area contributed by atoms with E-state index in [4.69, 9.17) is 19.8 Å². The predicted octanol–water partition coefficient (Wildman–Crippen LogP) is 3.51. The average Bonchev–Trinajstić information content (AvgIpc) is 2.61. The number of hydrogen-bond donors (Lipinski definition) is 2. The summed E-state index contributed by atoms with van der Waals surface area (Å²) in [6.07, 6.45) is 3.60. The number of hydrogen-bond acceptors (Lipinski definition) is 5. The van der Waals surface area contributed by atoms with Gasteiger partial charge in [-0.05, 0) is 36.2 Å². The third kappa shape index (κ3) is 4.60. The van der Waals surface area contributed by atoms with E-state index >= 15 is 0 Å². The molecule has 0 bridgehead atoms. The van der Waals surface area contributed by atoms with Crippen LogP contribution in [0.15, 0.2) is 54.2 Å². The molecule has 130 valence electrons. The molecule has 0 fully saturated rings. The molecular weight excluding hydrogens is 322 g/mol. The van der Waals surface area contributed by atoms with Crippen LogP contribution in [0, 0.1) is 0 Å². The van der Waals surface area contributed by atoms with Gasteiger partial charge in [-0.2, -0.15) is 0 Å². The van der Waals surface area contributed by atoms with Gasteiger partial charge in [-0.25, -0.2) is 4.79 Å². The van der Waals surface area contributed by atoms with E-state index in [0.29, 0.717) is 23.5 Å². The molecule has 2 N–H and O–H groups in total. The van der Waals surface area contributed by atoms with Crippen LogP contribution in [0.4, 0.5) is 0 Å². The molecule has 0 amide bonds. The van der Waals surface area contributed by atoms with Gasteiger partial charge in [0.15, 0.2) is 11.5 Å². The lowest BCUT2D eigenvalue weighted by molar-refractivity contribution is 0.0697. The van der Waals surface area contributed by atoms with Crippen molar-refractivity contribution in [2.75, 3.05) is 7.11 Å². The van der Waals surface area contributed by atoms with Crippen LogP contribution >= 0.6 is 0 Å². The van der Waals surface area contributed by atoms with Gasteiger partial charge in [0, 0.05) is 11.1 Å². The molecule has 0 unspecified atom stereocenters. The molecule has 0 heterocycles. The maximum atomic E-state index is 10.9. The number of nitrogens with zero attached hydrogens (tertiary/aromatic N) is 1. The van der Waals surface area contributed by atoms with Gasteiger partial charge >= 0.3 is 5.97 Å². The van der Waals surface area contributed by atoms with E-state index in [-0.39, 0.29) is 12.2 Å². The van der Waals surface area contributed by atoms with Gasteiger partial charge in [0.1, 0.15) is 6.61 Å². The molecule has 0 radical (unpaired) electrons. The molecule has 0 saturated carbocycles. The van der Waals surface area contributed by atoms with Crippen LogP contribution in [0.1, 0.15) is 27.0 Å². The number of carbonyl (C=O) groups is 1. The molecule has 6 heteroatoms. The summed E-state index contributed by atoms with van der Waals surface area (Å²) in [4.78, 5) is 10.9.